The molecule has 0 radical (unpaired) electrons. The van der Waals surface area contributed by atoms with Gasteiger partial charge < -0.3 is 15.0 Å². The fourth-order valence-electron chi connectivity index (χ4n) is 2.81. The predicted molar refractivity (Wildman–Crippen MR) is 89.2 cm³/mol. The van der Waals surface area contributed by atoms with Crippen LogP contribution in [-0.2, 0) is 20.9 Å². The quantitative estimate of drug-likeness (QED) is 0.657. The number of carbonyl (C=O) groups excluding carboxylic acids is 2. The molecule has 0 spiro atoms. The molecule has 2 atom stereocenters. The SMILES string of the molecule is COCCN(Cc1cccs1)C(=O)C1NNN2C=C(C)NC(=O)C12. The van der Waals surface area contributed by atoms with Crippen LogP contribution in [-0.4, -0.2) is 54.1 Å². The van der Waals surface area contributed by atoms with E-state index in [0.717, 1.165) is 10.6 Å². The van der Waals surface area contributed by atoms with Crippen LogP contribution in [0, 0.1) is 0 Å². The molecule has 0 aromatic carbocycles. The predicted octanol–water partition coefficient (Wildman–Crippen LogP) is -0.224. The Morgan fingerprint density at radius 2 is 2.33 bits per heavy atom. The number of hydrazine groups is 2. The lowest BCUT2D eigenvalue weighted by molar-refractivity contribution is -0.138. The molecule has 1 saturated heterocycles. The maximum absolute atomic E-state index is 13.0. The monoisotopic (exact) mass is 351 g/mol. The Morgan fingerprint density at radius 1 is 1.50 bits per heavy atom. The van der Waals surface area contributed by atoms with Crippen LogP contribution in [0.5, 0.6) is 0 Å². The Labute approximate surface area is 144 Å². The molecule has 2 aliphatic heterocycles. The third-order valence-electron chi connectivity index (χ3n) is 3.96. The van der Waals surface area contributed by atoms with Crippen LogP contribution >= 0.6 is 11.3 Å². The first-order valence-electron chi connectivity index (χ1n) is 7.69. The van der Waals surface area contributed by atoms with Gasteiger partial charge in [-0.05, 0) is 18.4 Å². The molecule has 24 heavy (non-hydrogen) atoms. The van der Waals surface area contributed by atoms with Crippen molar-refractivity contribution in [1.29, 1.82) is 0 Å². The molecular formula is C15H21N5O3S. The van der Waals surface area contributed by atoms with Crippen molar-refractivity contribution >= 4 is 23.2 Å². The first-order chi connectivity index (χ1) is 11.6. The van der Waals surface area contributed by atoms with Gasteiger partial charge in [-0.25, -0.2) is 5.43 Å². The number of nitrogens with one attached hydrogen (secondary N) is 3. The number of ether oxygens (including phenoxy) is 1. The van der Waals surface area contributed by atoms with Crippen LogP contribution in [0.2, 0.25) is 0 Å². The molecule has 1 aromatic heterocycles. The van der Waals surface area contributed by atoms with Gasteiger partial charge in [-0.2, -0.15) is 5.53 Å². The topological polar surface area (TPSA) is 85.9 Å². The standard InChI is InChI=1S/C15H21N5O3S/c1-10-8-20-13(14(21)16-10)12(17-18-20)15(22)19(5-6-23-2)9-11-4-3-7-24-11/h3-4,7-8,12-13,17-18H,5-6,9H2,1-2H3,(H,16,21). The lowest BCUT2D eigenvalue weighted by Crippen LogP contribution is -2.56. The number of hydrogen-bond acceptors (Lipinski definition) is 7. The Morgan fingerprint density at radius 3 is 3.04 bits per heavy atom. The molecule has 9 heteroatoms. The number of rotatable bonds is 6. The highest BCUT2D eigenvalue weighted by Crippen LogP contribution is 2.19. The van der Waals surface area contributed by atoms with Crippen molar-refractivity contribution < 1.29 is 14.3 Å². The van der Waals surface area contributed by atoms with Gasteiger partial charge in [0.25, 0.3) is 5.91 Å². The molecule has 3 N–H and O–H groups in total. The Kier molecular flexibility index (Phi) is 5.14. The van der Waals surface area contributed by atoms with Crippen LogP contribution in [0.4, 0.5) is 0 Å². The Bertz CT molecular complexity index is 633. The summed E-state index contributed by atoms with van der Waals surface area (Å²) in [6.07, 6.45) is 1.77. The third kappa shape index (κ3) is 3.44. The minimum absolute atomic E-state index is 0.136. The minimum Gasteiger partial charge on any atom is -0.383 e. The van der Waals surface area contributed by atoms with Crippen molar-refractivity contribution in [1.82, 2.24) is 26.2 Å². The van der Waals surface area contributed by atoms with Crippen molar-refractivity contribution in [2.75, 3.05) is 20.3 Å². The number of carbonyl (C=O) groups is 2. The number of nitrogens with zero attached hydrogens (tertiary/aromatic N) is 2. The largest absolute Gasteiger partial charge is 0.383 e. The summed E-state index contributed by atoms with van der Waals surface area (Å²) in [5.41, 5.74) is 6.55. The van der Waals surface area contributed by atoms with Crippen molar-refractivity contribution in [2.24, 2.45) is 0 Å². The Balaban J connectivity index is 1.75. The van der Waals surface area contributed by atoms with Crippen LogP contribution in [0.3, 0.4) is 0 Å². The number of methoxy groups -OCH3 is 1. The van der Waals surface area contributed by atoms with E-state index in [1.54, 1.807) is 41.5 Å². The van der Waals surface area contributed by atoms with Gasteiger partial charge in [0.15, 0.2) is 6.04 Å². The zero-order valence-corrected chi connectivity index (χ0v) is 14.4. The Hall–Kier alpha value is -1.94. The van der Waals surface area contributed by atoms with Crippen LogP contribution in [0.15, 0.2) is 29.4 Å². The summed E-state index contributed by atoms with van der Waals surface area (Å²) >= 11 is 1.60. The normalized spacial score (nSPS) is 22.8. The first-order valence-corrected chi connectivity index (χ1v) is 8.57. The number of hydrogen-bond donors (Lipinski definition) is 3. The summed E-state index contributed by atoms with van der Waals surface area (Å²) in [5.74, 6) is -0.336. The smallest absolute Gasteiger partial charge is 0.250 e. The minimum atomic E-state index is -0.661. The number of thiophene rings is 1. The van der Waals surface area contributed by atoms with Crippen LogP contribution < -0.4 is 16.3 Å². The van der Waals surface area contributed by atoms with Gasteiger partial charge in [-0.15, -0.1) is 11.3 Å². The van der Waals surface area contributed by atoms with Gasteiger partial charge >= 0.3 is 0 Å². The molecule has 2 aliphatic rings. The second-order valence-electron chi connectivity index (χ2n) is 5.72. The summed E-state index contributed by atoms with van der Waals surface area (Å²) in [7, 11) is 1.60. The fourth-order valence-corrected chi connectivity index (χ4v) is 3.52. The first kappa shape index (κ1) is 16.9. The zero-order valence-electron chi connectivity index (χ0n) is 13.6. The van der Waals surface area contributed by atoms with E-state index >= 15 is 0 Å². The molecule has 130 valence electrons. The molecule has 0 aliphatic carbocycles. The highest BCUT2D eigenvalue weighted by atomic mass is 32.1. The molecule has 3 heterocycles. The summed E-state index contributed by atoms with van der Waals surface area (Å²) in [6.45, 7) is 3.21. The molecule has 2 amide bonds. The van der Waals surface area contributed by atoms with Gasteiger partial charge in [0.2, 0.25) is 5.91 Å². The lowest BCUT2D eigenvalue weighted by atomic mass is 10.1. The third-order valence-corrected chi connectivity index (χ3v) is 4.82. The van der Waals surface area contributed by atoms with E-state index in [1.165, 1.54) is 0 Å². The average molecular weight is 351 g/mol. The molecule has 8 nitrogen and oxygen atoms in total. The van der Waals surface area contributed by atoms with Gasteiger partial charge in [-0.3, -0.25) is 14.6 Å². The fraction of sp³-hybridized carbons (Fsp3) is 0.467. The van der Waals surface area contributed by atoms with E-state index in [-0.39, 0.29) is 11.8 Å². The van der Waals surface area contributed by atoms with E-state index < -0.39 is 12.1 Å². The van der Waals surface area contributed by atoms with E-state index in [4.69, 9.17) is 4.74 Å². The van der Waals surface area contributed by atoms with Gasteiger partial charge in [0, 0.05) is 30.4 Å². The summed E-state index contributed by atoms with van der Waals surface area (Å²) in [6, 6.07) is 2.67. The van der Waals surface area contributed by atoms with Crippen molar-refractivity contribution in [3.05, 3.63) is 34.3 Å². The molecule has 0 bridgehead atoms. The molecule has 1 aromatic rings. The van der Waals surface area contributed by atoms with Crippen molar-refractivity contribution in [3.63, 3.8) is 0 Å². The lowest BCUT2D eigenvalue weighted by Gasteiger charge is -2.30. The number of fused-ring (bicyclic) bond motifs is 1. The van der Waals surface area contributed by atoms with E-state index in [0.29, 0.717) is 19.7 Å². The van der Waals surface area contributed by atoms with Gasteiger partial charge in [0.05, 0.1) is 13.2 Å². The molecule has 0 saturated carbocycles. The molecule has 1 fully saturated rings. The second-order valence-corrected chi connectivity index (χ2v) is 6.75. The second kappa shape index (κ2) is 7.31. The van der Waals surface area contributed by atoms with E-state index in [2.05, 4.69) is 16.3 Å². The van der Waals surface area contributed by atoms with E-state index in [1.807, 2.05) is 17.5 Å². The number of amides is 2. The maximum atomic E-state index is 13.0. The van der Waals surface area contributed by atoms with E-state index in [9.17, 15) is 9.59 Å². The van der Waals surface area contributed by atoms with Crippen LogP contribution in [0.25, 0.3) is 0 Å². The van der Waals surface area contributed by atoms with Gasteiger partial charge in [-0.1, -0.05) is 6.07 Å². The summed E-state index contributed by atoms with van der Waals surface area (Å²) in [4.78, 5) is 28.1. The highest BCUT2D eigenvalue weighted by Gasteiger charge is 2.45. The summed E-state index contributed by atoms with van der Waals surface area (Å²) < 4.78 is 5.12. The van der Waals surface area contributed by atoms with Crippen LogP contribution in [0.1, 0.15) is 11.8 Å². The molecule has 2 unspecified atom stereocenters. The average Bonchev–Trinajstić information content (AvgIpc) is 3.20. The van der Waals surface area contributed by atoms with Gasteiger partial charge in [0.1, 0.15) is 6.04 Å². The molecular weight excluding hydrogens is 330 g/mol. The zero-order chi connectivity index (χ0) is 17.1. The van der Waals surface area contributed by atoms with Crippen molar-refractivity contribution in [3.8, 4) is 0 Å². The summed E-state index contributed by atoms with van der Waals surface area (Å²) in [5, 5.41) is 6.39. The van der Waals surface area contributed by atoms with Crippen molar-refractivity contribution in [2.45, 2.75) is 25.6 Å². The maximum Gasteiger partial charge on any atom is 0.250 e. The highest BCUT2D eigenvalue weighted by molar-refractivity contribution is 7.09. The number of allylic oxidation sites excluding steroid dienone is 1. The molecule has 3 rings (SSSR count).